The van der Waals surface area contributed by atoms with E-state index in [-0.39, 0.29) is 6.04 Å². The fourth-order valence-electron chi connectivity index (χ4n) is 1.08. The number of halogens is 1. The van der Waals surface area contributed by atoms with Crippen LogP contribution in [-0.4, -0.2) is 6.04 Å². The van der Waals surface area contributed by atoms with Gasteiger partial charge in [-0.2, -0.15) is 0 Å². The minimum Gasteiger partial charge on any atom is -0.328 e. The van der Waals surface area contributed by atoms with Gasteiger partial charge in [-0.25, -0.2) is 0 Å². The molecule has 2 N–H and O–H groups in total. The van der Waals surface area contributed by atoms with Gasteiger partial charge < -0.3 is 5.73 Å². The van der Waals surface area contributed by atoms with Crippen molar-refractivity contribution in [1.29, 1.82) is 0 Å². The number of hydrogen-bond acceptors (Lipinski definition) is 1. The van der Waals surface area contributed by atoms with E-state index < -0.39 is 0 Å². The first-order valence-electron chi connectivity index (χ1n) is 6.17. The monoisotopic (exact) mass is 299 g/mol. The van der Waals surface area contributed by atoms with Crippen molar-refractivity contribution >= 4 is 15.9 Å². The van der Waals surface area contributed by atoms with Crippen LogP contribution in [0.25, 0.3) is 0 Å². The molecule has 1 aromatic carbocycles. The molecule has 1 unspecified atom stereocenters. The Morgan fingerprint density at radius 1 is 1.35 bits per heavy atom. The van der Waals surface area contributed by atoms with Crippen molar-refractivity contribution in [3.63, 3.8) is 0 Å². The van der Waals surface area contributed by atoms with Gasteiger partial charge in [0.1, 0.15) is 0 Å². The van der Waals surface area contributed by atoms with Gasteiger partial charge in [0.15, 0.2) is 0 Å². The van der Waals surface area contributed by atoms with Crippen LogP contribution >= 0.6 is 15.9 Å². The topological polar surface area (TPSA) is 26.0 Å². The molecule has 1 aromatic rings. The first-order chi connectivity index (χ1) is 8.11. The molecule has 1 rings (SSSR count). The number of allylic oxidation sites excluding steroid dienone is 1. The molecule has 0 bridgehead atoms. The highest BCUT2D eigenvalue weighted by molar-refractivity contribution is 9.10. The van der Waals surface area contributed by atoms with Crippen molar-refractivity contribution in [3.05, 3.63) is 47.0 Å². The predicted molar refractivity (Wildman–Crippen MR) is 83.3 cm³/mol. The Labute approximate surface area is 115 Å². The average Bonchev–Trinajstić information content (AvgIpc) is 2.31. The van der Waals surface area contributed by atoms with Crippen LogP contribution in [0.1, 0.15) is 39.7 Å². The van der Waals surface area contributed by atoms with E-state index in [0.29, 0.717) is 0 Å². The molecule has 17 heavy (non-hydrogen) atoms. The molecule has 0 aliphatic heterocycles. The Balaban J connectivity index is 0. The summed E-state index contributed by atoms with van der Waals surface area (Å²) in [5, 5.41) is 0. The molecule has 0 amide bonds. The smallest absolute Gasteiger partial charge is 0.0207 e. The standard InChI is InChI=1S/C10H14BrN.C3H6.C2H6/c1-8(12)6-7-9-4-2-3-5-10(9)11;1-3-2;1-2/h2-5,8H,6-7,12H2,1H3;3H,1H2,2H3;1-2H3. The van der Waals surface area contributed by atoms with E-state index in [1.165, 1.54) is 10.0 Å². The normalized spacial score (nSPS) is 10.2. The second-order valence-electron chi connectivity index (χ2n) is 3.52. The van der Waals surface area contributed by atoms with Crippen molar-refractivity contribution < 1.29 is 0 Å². The van der Waals surface area contributed by atoms with E-state index >= 15 is 0 Å². The maximum atomic E-state index is 5.68. The molecule has 0 aliphatic carbocycles. The van der Waals surface area contributed by atoms with E-state index in [4.69, 9.17) is 5.73 Å². The third kappa shape index (κ3) is 11.7. The van der Waals surface area contributed by atoms with Gasteiger partial charge in [-0.15, -0.1) is 6.58 Å². The van der Waals surface area contributed by atoms with Gasteiger partial charge in [-0.1, -0.05) is 54.1 Å². The maximum Gasteiger partial charge on any atom is 0.0207 e. The fourth-order valence-corrected chi connectivity index (χ4v) is 1.57. The first-order valence-corrected chi connectivity index (χ1v) is 6.97. The quantitative estimate of drug-likeness (QED) is 0.785. The molecule has 0 fully saturated rings. The zero-order valence-electron chi connectivity index (χ0n) is 11.5. The lowest BCUT2D eigenvalue weighted by Gasteiger charge is -2.06. The molecular weight excluding hydrogens is 274 g/mol. The number of benzene rings is 1. The van der Waals surface area contributed by atoms with E-state index in [1.54, 1.807) is 6.08 Å². The molecule has 98 valence electrons. The van der Waals surface area contributed by atoms with E-state index in [1.807, 2.05) is 33.8 Å². The number of hydrogen-bond donors (Lipinski definition) is 1. The molecule has 0 spiro atoms. The van der Waals surface area contributed by atoms with Crippen LogP contribution in [0.15, 0.2) is 41.4 Å². The molecule has 0 heterocycles. The summed E-state index contributed by atoms with van der Waals surface area (Å²) in [6.45, 7) is 11.3. The molecular formula is C15H26BrN. The van der Waals surface area contributed by atoms with Crippen LogP contribution in [0.5, 0.6) is 0 Å². The summed E-state index contributed by atoms with van der Waals surface area (Å²) < 4.78 is 1.19. The average molecular weight is 300 g/mol. The van der Waals surface area contributed by atoms with Crippen LogP contribution in [0.2, 0.25) is 0 Å². The highest BCUT2D eigenvalue weighted by atomic mass is 79.9. The SMILES string of the molecule is C=CC.CC.CC(N)CCc1ccccc1Br. The zero-order valence-corrected chi connectivity index (χ0v) is 13.1. The summed E-state index contributed by atoms with van der Waals surface area (Å²) in [5.41, 5.74) is 7.02. The van der Waals surface area contributed by atoms with Gasteiger partial charge in [0, 0.05) is 10.5 Å². The zero-order chi connectivity index (χ0) is 13.7. The number of aryl methyl sites for hydroxylation is 1. The predicted octanol–water partition coefficient (Wildman–Crippen LogP) is 4.95. The van der Waals surface area contributed by atoms with Crippen LogP contribution < -0.4 is 5.73 Å². The van der Waals surface area contributed by atoms with Crippen molar-refractivity contribution in [3.8, 4) is 0 Å². The summed E-state index contributed by atoms with van der Waals surface area (Å²) in [4.78, 5) is 0. The summed E-state index contributed by atoms with van der Waals surface area (Å²) in [5.74, 6) is 0. The molecule has 0 radical (unpaired) electrons. The lowest BCUT2D eigenvalue weighted by Crippen LogP contribution is -2.15. The molecule has 0 aromatic heterocycles. The van der Waals surface area contributed by atoms with E-state index in [9.17, 15) is 0 Å². The van der Waals surface area contributed by atoms with Gasteiger partial charge in [0.05, 0.1) is 0 Å². The van der Waals surface area contributed by atoms with Gasteiger partial charge >= 0.3 is 0 Å². The van der Waals surface area contributed by atoms with Crippen LogP contribution in [-0.2, 0) is 6.42 Å². The highest BCUT2D eigenvalue weighted by Gasteiger charge is 1.99. The largest absolute Gasteiger partial charge is 0.328 e. The van der Waals surface area contributed by atoms with Crippen molar-refractivity contribution in [2.75, 3.05) is 0 Å². The Hall–Kier alpha value is -0.600. The van der Waals surface area contributed by atoms with Crippen molar-refractivity contribution in [2.24, 2.45) is 5.73 Å². The molecule has 2 heteroatoms. The third-order valence-electron chi connectivity index (χ3n) is 1.83. The Morgan fingerprint density at radius 3 is 2.24 bits per heavy atom. The minimum atomic E-state index is 0.289. The summed E-state index contributed by atoms with van der Waals surface area (Å²) in [7, 11) is 0. The fraction of sp³-hybridized carbons (Fsp3) is 0.467. The lowest BCUT2D eigenvalue weighted by atomic mass is 10.1. The van der Waals surface area contributed by atoms with E-state index in [0.717, 1.165) is 12.8 Å². The second kappa shape index (κ2) is 13.5. The number of nitrogens with two attached hydrogens (primary N) is 1. The summed E-state index contributed by atoms with van der Waals surface area (Å²) in [6, 6.07) is 8.57. The van der Waals surface area contributed by atoms with Crippen LogP contribution in [0.4, 0.5) is 0 Å². The van der Waals surface area contributed by atoms with Gasteiger partial charge in [0.2, 0.25) is 0 Å². The Bertz CT molecular complexity index is 282. The van der Waals surface area contributed by atoms with Crippen molar-refractivity contribution in [2.45, 2.75) is 46.6 Å². The first kappa shape index (κ1) is 18.8. The van der Waals surface area contributed by atoms with Crippen LogP contribution in [0, 0.1) is 0 Å². The molecule has 0 saturated carbocycles. The van der Waals surface area contributed by atoms with Crippen LogP contribution in [0.3, 0.4) is 0 Å². The summed E-state index contributed by atoms with van der Waals surface area (Å²) >= 11 is 3.51. The molecule has 0 saturated heterocycles. The Morgan fingerprint density at radius 2 is 1.82 bits per heavy atom. The maximum absolute atomic E-state index is 5.68. The van der Waals surface area contributed by atoms with Gasteiger partial charge in [-0.05, 0) is 38.3 Å². The molecule has 1 nitrogen and oxygen atoms in total. The van der Waals surface area contributed by atoms with E-state index in [2.05, 4.69) is 40.7 Å². The lowest BCUT2D eigenvalue weighted by molar-refractivity contribution is 0.665. The molecule has 1 atom stereocenters. The Kier molecular flexibility index (Phi) is 14.9. The van der Waals surface area contributed by atoms with Crippen molar-refractivity contribution in [1.82, 2.24) is 0 Å². The highest BCUT2D eigenvalue weighted by Crippen LogP contribution is 2.17. The second-order valence-corrected chi connectivity index (χ2v) is 4.37. The van der Waals surface area contributed by atoms with Gasteiger partial charge in [-0.3, -0.25) is 0 Å². The number of rotatable bonds is 3. The van der Waals surface area contributed by atoms with Gasteiger partial charge in [0.25, 0.3) is 0 Å². The third-order valence-corrected chi connectivity index (χ3v) is 2.60. The molecule has 0 aliphatic rings. The minimum absolute atomic E-state index is 0.289. The summed E-state index contributed by atoms with van der Waals surface area (Å²) in [6.07, 6.45) is 3.85.